The second kappa shape index (κ2) is 11.1. The highest BCUT2D eigenvalue weighted by Crippen LogP contribution is 2.44. The summed E-state index contributed by atoms with van der Waals surface area (Å²) < 4.78 is 8.37. The fourth-order valence-electron chi connectivity index (χ4n) is 5.63. The quantitative estimate of drug-likeness (QED) is 0.208. The number of hydrogen-bond acceptors (Lipinski definition) is 4. The van der Waals surface area contributed by atoms with Crippen molar-refractivity contribution in [2.45, 2.75) is 25.9 Å². The highest BCUT2D eigenvalue weighted by Gasteiger charge is 2.42. The zero-order valence-electron chi connectivity index (χ0n) is 23.7. The first-order valence-corrected chi connectivity index (χ1v) is 14.1. The van der Waals surface area contributed by atoms with Crippen molar-refractivity contribution in [1.82, 2.24) is 14.9 Å². The summed E-state index contributed by atoms with van der Waals surface area (Å²) in [4.78, 5) is 9.05. The van der Waals surface area contributed by atoms with E-state index in [1.807, 2.05) is 60.8 Å². The van der Waals surface area contributed by atoms with Gasteiger partial charge in [-0.15, -0.1) is 0 Å². The zero-order valence-corrected chi connectivity index (χ0v) is 24.5. The molecule has 2 aromatic heterocycles. The Hall–Kier alpha value is -4.62. The van der Waals surface area contributed by atoms with Crippen molar-refractivity contribution in [2.24, 2.45) is 0 Å². The van der Waals surface area contributed by atoms with Gasteiger partial charge < -0.3 is 24.4 Å². The van der Waals surface area contributed by atoms with Crippen LogP contribution >= 0.6 is 12.2 Å². The van der Waals surface area contributed by atoms with Gasteiger partial charge >= 0.3 is 0 Å². The number of rotatable bonds is 7. The van der Waals surface area contributed by atoms with E-state index in [0.717, 1.165) is 28.6 Å². The number of aromatic nitrogens is 2. The number of ether oxygens (including phenoxy) is 1. The van der Waals surface area contributed by atoms with E-state index < -0.39 is 0 Å². The van der Waals surface area contributed by atoms with Gasteiger partial charge in [-0.1, -0.05) is 24.3 Å². The molecule has 1 N–H and O–H groups in total. The van der Waals surface area contributed by atoms with Crippen molar-refractivity contribution in [1.29, 1.82) is 0 Å². The molecule has 0 aliphatic carbocycles. The first-order chi connectivity index (χ1) is 19.9. The predicted octanol–water partition coefficient (Wildman–Crippen LogP) is 7.52. The van der Waals surface area contributed by atoms with Gasteiger partial charge in [0.2, 0.25) is 0 Å². The second-order valence-corrected chi connectivity index (χ2v) is 10.9. The van der Waals surface area contributed by atoms with E-state index in [1.165, 1.54) is 22.6 Å². The first-order valence-electron chi connectivity index (χ1n) is 13.7. The zero-order chi connectivity index (χ0) is 28.5. The number of aryl methyl sites for hydroxylation is 1. The SMILES string of the molecule is Cc1cc([C@@H]2[C@@H](c3ccccn3)NC(=S)N2c2ccc(Oc3ccccc3)cc2)c(C)n1-c1ccc(N(C)C)cc1. The van der Waals surface area contributed by atoms with Crippen LogP contribution in [-0.2, 0) is 0 Å². The van der Waals surface area contributed by atoms with Gasteiger partial charge in [0.25, 0.3) is 0 Å². The fraction of sp³-hybridized carbons (Fsp3) is 0.176. The largest absolute Gasteiger partial charge is 0.457 e. The minimum absolute atomic E-state index is 0.0979. The monoisotopic (exact) mass is 559 g/mol. The molecule has 0 bridgehead atoms. The number of benzene rings is 3. The van der Waals surface area contributed by atoms with E-state index in [9.17, 15) is 0 Å². The van der Waals surface area contributed by atoms with Gasteiger partial charge in [-0.2, -0.15) is 0 Å². The molecule has 206 valence electrons. The van der Waals surface area contributed by atoms with Crippen molar-refractivity contribution >= 4 is 28.7 Å². The molecule has 0 saturated carbocycles. The highest BCUT2D eigenvalue weighted by atomic mass is 32.1. The Bertz CT molecular complexity index is 1650. The number of anilines is 2. The average Bonchev–Trinajstić information content (AvgIpc) is 3.49. The van der Waals surface area contributed by atoms with Gasteiger partial charge in [0.1, 0.15) is 11.5 Å². The third kappa shape index (κ3) is 5.16. The molecule has 41 heavy (non-hydrogen) atoms. The van der Waals surface area contributed by atoms with Crippen LogP contribution in [0, 0.1) is 13.8 Å². The smallest absolute Gasteiger partial charge is 0.174 e. The van der Waals surface area contributed by atoms with Crippen LogP contribution in [0.3, 0.4) is 0 Å². The van der Waals surface area contributed by atoms with E-state index in [0.29, 0.717) is 5.11 Å². The Morgan fingerprint density at radius 1 is 0.805 bits per heavy atom. The molecule has 2 atom stereocenters. The number of thiocarbonyl (C=S) groups is 1. The minimum Gasteiger partial charge on any atom is -0.457 e. The number of para-hydroxylation sites is 1. The van der Waals surface area contributed by atoms with Crippen LogP contribution in [0.1, 0.15) is 34.7 Å². The lowest BCUT2D eigenvalue weighted by atomic mass is 9.96. The molecule has 1 aliphatic heterocycles. The lowest BCUT2D eigenvalue weighted by Crippen LogP contribution is -2.29. The molecule has 0 radical (unpaired) electrons. The summed E-state index contributed by atoms with van der Waals surface area (Å²) in [5.41, 5.74) is 7.78. The molecule has 6 nitrogen and oxygen atoms in total. The van der Waals surface area contributed by atoms with Gasteiger partial charge in [-0.25, -0.2) is 0 Å². The van der Waals surface area contributed by atoms with E-state index in [2.05, 4.69) is 96.2 Å². The Morgan fingerprint density at radius 2 is 1.46 bits per heavy atom. The van der Waals surface area contributed by atoms with Gasteiger partial charge in [-0.3, -0.25) is 4.98 Å². The summed E-state index contributed by atoms with van der Waals surface area (Å²) in [7, 11) is 4.11. The highest BCUT2D eigenvalue weighted by molar-refractivity contribution is 7.80. The van der Waals surface area contributed by atoms with Crippen LogP contribution in [0.5, 0.6) is 11.5 Å². The molecule has 3 aromatic carbocycles. The molecule has 0 unspecified atom stereocenters. The number of hydrogen-bond donors (Lipinski definition) is 1. The fourth-order valence-corrected chi connectivity index (χ4v) is 5.98. The maximum Gasteiger partial charge on any atom is 0.174 e. The Kier molecular flexibility index (Phi) is 7.20. The summed E-state index contributed by atoms with van der Waals surface area (Å²) >= 11 is 5.97. The van der Waals surface area contributed by atoms with E-state index in [4.69, 9.17) is 21.9 Å². The van der Waals surface area contributed by atoms with E-state index >= 15 is 0 Å². The topological polar surface area (TPSA) is 45.6 Å². The third-order valence-corrected chi connectivity index (χ3v) is 7.92. The molecule has 7 heteroatoms. The summed E-state index contributed by atoms with van der Waals surface area (Å²) in [5, 5.41) is 4.26. The Balaban J connectivity index is 1.40. The van der Waals surface area contributed by atoms with E-state index in [-0.39, 0.29) is 12.1 Å². The van der Waals surface area contributed by atoms with Crippen molar-refractivity contribution < 1.29 is 4.74 Å². The van der Waals surface area contributed by atoms with E-state index in [1.54, 1.807) is 0 Å². The van der Waals surface area contributed by atoms with Crippen molar-refractivity contribution in [3.8, 4) is 17.2 Å². The van der Waals surface area contributed by atoms with Crippen LogP contribution in [0.2, 0.25) is 0 Å². The number of nitrogens with one attached hydrogen (secondary N) is 1. The summed E-state index contributed by atoms with van der Waals surface area (Å²) in [6.45, 7) is 4.35. The summed E-state index contributed by atoms with van der Waals surface area (Å²) in [6, 6.07) is 34.7. The average molecular weight is 560 g/mol. The van der Waals surface area contributed by atoms with Crippen molar-refractivity contribution in [2.75, 3.05) is 23.9 Å². The lowest BCUT2D eigenvalue weighted by molar-refractivity contribution is 0.482. The van der Waals surface area contributed by atoms with Crippen LogP contribution in [0.15, 0.2) is 109 Å². The van der Waals surface area contributed by atoms with Crippen molar-refractivity contribution in [3.63, 3.8) is 0 Å². The van der Waals surface area contributed by atoms with Crippen LogP contribution in [-0.4, -0.2) is 28.8 Å². The summed E-state index contributed by atoms with van der Waals surface area (Å²) in [5.74, 6) is 1.58. The summed E-state index contributed by atoms with van der Waals surface area (Å²) in [6.07, 6.45) is 1.84. The molecule has 6 rings (SSSR count). The van der Waals surface area contributed by atoms with Gasteiger partial charge in [0.15, 0.2) is 5.11 Å². The molecule has 1 fully saturated rings. The van der Waals surface area contributed by atoms with Crippen LogP contribution < -0.4 is 19.9 Å². The molecule has 0 amide bonds. The van der Waals surface area contributed by atoms with Gasteiger partial charge in [0, 0.05) is 48.7 Å². The molecule has 5 aromatic rings. The predicted molar refractivity (Wildman–Crippen MR) is 170 cm³/mol. The Morgan fingerprint density at radius 3 is 2.12 bits per heavy atom. The third-order valence-electron chi connectivity index (χ3n) is 7.61. The molecular weight excluding hydrogens is 526 g/mol. The standard InChI is InChI=1S/C34H33N5OS/c1-23-22-30(24(2)38(23)26-15-13-25(14-16-26)37(3)4)33-32(31-12-8-9-21-35-31)36-34(41)39(33)27-17-19-29(20-18-27)40-28-10-6-5-7-11-28/h5-22,32-33H,1-4H3,(H,36,41)/t32-,33-/m1/s1. The maximum absolute atomic E-state index is 6.05. The molecule has 3 heterocycles. The second-order valence-electron chi connectivity index (χ2n) is 10.5. The van der Waals surface area contributed by atoms with Crippen LogP contribution in [0.25, 0.3) is 5.69 Å². The van der Waals surface area contributed by atoms with Crippen molar-refractivity contribution in [3.05, 3.63) is 132 Å². The molecular formula is C34H33N5OS. The minimum atomic E-state index is -0.117. The lowest BCUT2D eigenvalue weighted by Gasteiger charge is -2.28. The molecule has 1 aliphatic rings. The number of pyridine rings is 1. The first kappa shape index (κ1) is 26.6. The molecule has 0 spiro atoms. The normalized spacial score (nSPS) is 16.5. The van der Waals surface area contributed by atoms with Gasteiger partial charge in [-0.05, 0) is 110 Å². The molecule has 1 saturated heterocycles. The van der Waals surface area contributed by atoms with Crippen LogP contribution in [0.4, 0.5) is 11.4 Å². The Labute approximate surface area is 246 Å². The van der Waals surface area contributed by atoms with Gasteiger partial charge in [0.05, 0.1) is 17.8 Å². The maximum atomic E-state index is 6.05. The number of nitrogens with zero attached hydrogens (tertiary/aromatic N) is 4.